The van der Waals surface area contributed by atoms with Gasteiger partial charge in [0.2, 0.25) is 0 Å². The van der Waals surface area contributed by atoms with Crippen molar-refractivity contribution >= 4 is 5.69 Å². The van der Waals surface area contributed by atoms with Gasteiger partial charge in [-0.15, -0.1) is 0 Å². The van der Waals surface area contributed by atoms with Gasteiger partial charge >= 0.3 is 5.69 Å². The summed E-state index contributed by atoms with van der Waals surface area (Å²) in [4.78, 5) is 10.5. The van der Waals surface area contributed by atoms with Gasteiger partial charge < -0.3 is 10.1 Å². The topological polar surface area (TPSA) is 64.4 Å². The number of nitrogens with zero attached hydrogens (tertiary/aromatic N) is 1. The third-order valence-corrected chi connectivity index (χ3v) is 2.50. The summed E-state index contributed by atoms with van der Waals surface area (Å²) in [7, 11) is 0. The normalized spacial score (nSPS) is 10.5. The Morgan fingerprint density at radius 2 is 2.21 bits per heavy atom. The number of hydrogen-bond donors (Lipinski definition) is 1. The van der Waals surface area contributed by atoms with Crippen LogP contribution in [0.2, 0.25) is 0 Å². The number of benzene rings is 1. The Morgan fingerprint density at radius 1 is 1.53 bits per heavy atom. The fourth-order valence-corrected chi connectivity index (χ4v) is 1.47. The van der Waals surface area contributed by atoms with Crippen LogP contribution in [-0.4, -0.2) is 24.1 Å². The van der Waals surface area contributed by atoms with Crippen molar-refractivity contribution < 1.29 is 9.66 Å². The summed E-state index contributed by atoms with van der Waals surface area (Å²) in [5, 5.41) is 14.1. The molecule has 0 bridgehead atoms. The summed E-state index contributed by atoms with van der Waals surface area (Å²) < 4.78 is 5.47. The lowest BCUT2D eigenvalue weighted by atomic mass is 10.2. The molecule has 1 rings (SSSR count). The van der Waals surface area contributed by atoms with E-state index < -0.39 is 4.92 Å². The average Bonchev–Trinajstić information content (AvgIpc) is 2.34. The Morgan fingerprint density at radius 3 is 2.79 bits per heavy atom. The Balaban J connectivity index is 2.62. The first-order valence-electron chi connectivity index (χ1n) is 6.18. The van der Waals surface area contributed by atoms with Gasteiger partial charge in [0.25, 0.3) is 0 Å². The first-order chi connectivity index (χ1) is 8.90. The van der Waals surface area contributed by atoms with Crippen LogP contribution in [0.5, 0.6) is 5.75 Å². The molecule has 0 fully saturated rings. The Labute approximate surface area is 113 Å². The standard InChI is InChI=1S/C14H20N2O3/c1-10(2)15-8-12(4)9-19-14-6-5-11(3)7-13(14)16(17)18/h5-7,10,15H,4,8-9H2,1-3H3. The lowest BCUT2D eigenvalue weighted by molar-refractivity contribution is -0.385. The molecule has 0 saturated heterocycles. The maximum atomic E-state index is 10.9. The number of ether oxygens (including phenoxy) is 1. The van der Waals surface area contributed by atoms with Crippen LogP contribution in [-0.2, 0) is 0 Å². The van der Waals surface area contributed by atoms with Crippen LogP contribution in [0.4, 0.5) is 5.69 Å². The van der Waals surface area contributed by atoms with E-state index in [2.05, 4.69) is 11.9 Å². The predicted octanol–water partition coefficient (Wildman–Crippen LogP) is 2.84. The maximum absolute atomic E-state index is 10.9. The number of hydrogen-bond acceptors (Lipinski definition) is 4. The molecule has 19 heavy (non-hydrogen) atoms. The smallest absolute Gasteiger partial charge is 0.311 e. The van der Waals surface area contributed by atoms with Crippen molar-refractivity contribution in [3.63, 3.8) is 0 Å². The number of rotatable bonds is 7. The lowest BCUT2D eigenvalue weighted by Gasteiger charge is -2.12. The molecular formula is C14H20N2O3. The predicted molar refractivity (Wildman–Crippen MR) is 75.6 cm³/mol. The van der Waals surface area contributed by atoms with Crippen LogP contribution in [0.15, 0.2) is 30.4 Å². The molecule has 0 aliphatic carbocycles. The van der Waals surface area contributed by atoms with Gasteiger partial charge in [0.1, 0.15) is 6.61 Å². The number of nitro benzene ring substituents is 1. The van der Waals surface area contributed by atoms with Crippen LogP contribution >= 0.6 is 0 Å². The van der Waals surface area contributed by atoms with Gasteiger partial charge in [-0.05, 0) is 24.1 Å². The van der Waals surface area contributed by atoms with Gasteiger partial charge in [-0.3, -0.25) is 10.1 Å². The van der Waals surface area contributed by atoms with Crippen molar-refractivity contribution in [2.45, 2.75) is 26.8 Å². The van der Waals surface area contributed by atoms with Crippen LogP contribution < -0.4 is 10.1 Å². The number of nitrogens with one attached hydrogen (secondary N) is 1. The maximum Gasteiger partial charge on any atom is 0.311 e. The van der Waals surface area contributed by atoms with Gasteiger partial charge in [-0.1, -0.05) is 26.5 Å². The Bertz CT molecular complexity index is 470. The van der Waals surface area contributed by atoms with Crippen molar-refractivity contribution in [3.05, 3.63) is 46.0 Å². The molecule has 0 unspecified atom stereocenters. The second-order valence-corrected chi connectivity index (χ2v) is 4.80. The summed E-state index contributed by atoms with van der Waals surface area (Å²) >= 11 is 0. The highest BCUT2D eigenvalue weighted by Crippen LogP contribution is 2.27. The van der Waals surface area contributed by atoms with Gasteiger partial charge in [-0.25, -0.2) is 0 Å². The molecule has 0 aliphatic rings. The van der Waals surface area contributed by atoms with Crippen LogP contribution in [0.25, 0.3) is 0 Å². The minimum absolute atomic E-state index is 0.00961. The zero-order valence-electron chi connectivity index (χ0n) is 11.6. The minimum Gasteiger partial charge on any atom is -0.482 e. The minimum atomic E-state index is -0.433. The van der Waals surface area contributed by atoms with Crippen LogP contribution in [0, 0.1) is 17.0 Å². The van der Waals surface area contributed by atoms with Crippen molar-refractivity contribution in [1.29, 1.82) is 0 Å². The zero-order chi connectivity index (χ0) is 14.4. The third kappa shape index (κ3) is 5.09. The first kappa shape index (κ1) is 15.2. The molecule has 0 amide bonds. The molecule has 0 radical (unpaired) electrons. The molecule has 0 saturated carbocycles. The fraction of sp³-hybridized carbons (Fsp3) is 0.429. The molecule has 1 N–H and O–H groups in total. The third-order valence-electron chi connectivity index (χ3n) is 2.50. The van der Waals surface area contributed by atoms with E-state index in [-0.39, 0.29) is 18.0 Å². The van der Waals surface area contributed by atoms with Gasteiger partial charge in [0.05, 0.1) is 4.92 Å². The molecule has 0 atom stereocenters. The van der Waals surface area contributed by atoms with Crippen molar-refractivity contribution in [2.75, 3.05) is 13.2 Å². The summed E-state index contributed by atoms with van der Waals surface area (Å²) in [5.74, 6) is 0.279. The van der Waals surface area contributed by atoms with Gasteiger partial charge in [0, 0.05) is 18.7 Å². The Hall–Kier alpha value is -1.88. The molecule has 0 aromatic heterocycles. The fourth-order valence-electron chi connectivity index (χ4n) is 1.47. The highest BCUT2D eigenvalue weighted by molar-refractivity contribution is 5.48. The van der Waals surface area contributed by atoms with Crippen LogP contribution in [0.1, 0.15) is 19.4 Å². The molecule has 5 heteroatoms. The van der Waals surface area contributed by atoms with E-state index in [4.69, 9.17) is 4.74 Å². The average molecular weight is 264 g/mol. The molecule has 0 aliphatic heterocycles. The van der Waals surface area contributed by atoms with E-state index in [0.29, 0.717) is 12.6 Å². The molecule has 0 heterocycles. The number of nitro groups is 1. The van der Waals surface area contributed by atoms with E-state index in [1.54, 1.807) is 12.1 Å². The summed E-state index contributed by atoms with van der Waals surface area (Å²) in [6.45, 7) is 10.7. The summed E-state index contributed by atoms with van der Waals surface area (Å²) in [6, 6.07) is 5.28. The largest absolute Gasteiger partial charge is 0.482 e. The van der Waals surface area contributed by atoms with Gasteiger partial charge in [-0.2, -0.15) is 0 Å². The monoisotopic (exact) mass is 264 g/mol. The van der Waals surface area contributed by atoms with Crippen molar-refractivity contribution in [1.82, 2.24) is 5.32 Å². The van der Waals surface area contributed by atoms with Gasteiger partial charge in [0.15, 0.2) is 5.75 Å². The molecule has 1 aromatic carbocycles. The van der Waals surface area contributed by atoms with Crippen LogP contribution in [0.3, 0.4) is 0 Å². The molecule has 1 aromatic rings. The first-order valence-corrected chi connectivity index (χ1v) is 6.18. The lowest BCUT2D eigenvalue weighted by Crippen LogP contribution is -2.26. The van der Waals surface area contributed by atoms with E-state index in [9.17, 15) is 10.1 Å². The van der Waals surface area contributed by atoms with E-state index in [1.807, 2.05) is 20.8 Å². The van der Waals surface area contributed by atoms with Crippen molar-refractivity contribution in [2.24, 2.45) is 0 Å². The summed E-state index contributed by atoms with van der Waals surface area (Å²) in [6.07, 6.45) is 0. The van der Waals surface area contributed by atoms with E-state index in [0.717, 1.165) is 11.1 Å². The Kier molecular flexibility index (Phi) is 5.51. The SMILES string of the molecule is C=C(CNC(C)C)COc1ccc(C)cc1[N+](=O)[O-]. The second-order valence-electron chi connectivity index (χ2n) is 4.80. The molecule has 5 nitrogen and oxygen atoms in total. The highest BCUT2D eigenvalue weighted by atomic mass is 16.6. The van der Waals surface area contributed by atoms with E-state index >= 15 is 0 Å². The molecular weight excluding hydrogens is 244 g/mol. The van der Waals surface area contributed by atoms with Crippen molar-refractivity contribution in [3.8, 4) is 5.75 Å². The zero-order valence-corrected chi connectivity index (χ0v) is 11.6. The van der Waals surface area contributed by atoms with E-state index in [1.165, 1.54) is 6.07 Å². The second kappa shape index (κ2) is 6.89. The number of aryl methyl sites for hydroxylation is 1. The summed E-state index contributed by atoms with van der Waals surface area (Å²) in [5.41, 5.74) is 1.67. The highest BCUT2D eigenvalue weighted by Gasteiger charge is 2.15. The molecule has 104 valence electrons. The quantitative estimate of drug-likeness (QED) is 0.467. The molecule has 0 spiro atoms.